The van der Waals surface area contributed by atoms with Gasteiger partial charge in [0, 0.05) is 15.9 Å². The van der Waals surface area contributed by atoms with E-state index in [1.165, 1.54) is 0 Å². The summed E-state index contributed by atoms with van der Waals surface area (Å²) in [5.74, 6) is -2.58. The van der Waals surface area contributed by atoms with Gasteiger partial charge in [-0.25, -0.2) is 0 Å². The lowest BCUT2D eigenvalue weighted by molar-refractivity contribution is -0.291. The van der Waals surface area contributed by atoms with Gasteiger partial charge in [0.15, 0.2) is 11.6 Å². The van der Waals surface area contributed by atoms with Crippen LogP contribution in [0.25, 0.3) is 10.9 Å². The standard InChI is InChI=1S/C19H22ClNO5/c1-17(2)23-13-9-22-19(16(15(13)24-17)25-18(3,4)26-19)14-8-10-7-11(20)5-6-12(10)21-14/h5-8,13,15-16,21H,9H2,1-4H3/t13-,15-,16+,19+/m1/s1. The number of H-pyrrole nitrogens is 1. The average molecular weight is 380 g/mol. The van der Waals surface area contributed by atoms with Crippen LogP contribution in [0.3, 0.4) is 0 Å². The van der Waals surface area contributed by atoms with Gasteiger partial charge in [0.1, 0.15) is 18.3 Å². The van der Waals surface area contributed by atoms with Crippen LogP contribution in [0.5, 0.6) is 0 Å². The van der Waals surface area contributed by atoms with E-state index in [0.29, 0.717) is 11.6 Å². The maximum atomic E-state index is 6.32. The van der Waals surface area contributed by atoms with Crippen LogP contribution in [0.2, 0.25) is 5.02 Å². The third-order valence-corrected chi connectivity index (χ3v) is 5.36. The molecule has 1 N–H and O–H groups in total. The number of nitrogens with one attached hydrogen (secondary N) is 1. The first-order valence-corrected chi connectivity index (χ1v) is 9.22. The van der Waals surface area contributed by atoms with Gasteiger partial charge in [-0.3, -0.25) is 0 Å². The topological polar surface area (TPSA) is 61.9 Å². The van der Waals surface area contributed by atoms with E-state index < -0.39 is 23.5 Å². The smallest absolute Gasteiger partial charge is 0.242 e. The van der Waals surface area contributed by atoms with Crippen molar-refractivity contribution in [3.8, 4) is 0 Å². The fraction of sp³-hybridized carbons (Fsp3) is 0.579. The zero-order valence-corrected chi connectivity index (χ0v) is 15.9. The van der Waals surface area contributed by atoms with Crippen molar-refractivity contribution in [2.45, 2.75) is 63.4 Å². The summed E-state index contributed by atoms with van der Waals surface area (Å²) in [5.41, 5.74) is 1.75. The van der Waals surface area contributed by atoms with E-state index in [0.717, 1.165) is 16.6 Å². The molecule has 0 bridgehead atoms. The normalized spacial score (nSPS) is 37.7. The lowest BCUT2D eigenvalue weighted by Crippen LogP contribution is -2.56. The van der Waals surface area contributed by atoms with E-state index >= 15 is 0 Å². The Labute approximate surface area is 156 Å². The summed E-state index contributed by atoms with van der Waals surface area (Å²) in [6, 6.07) is 7.70. The fourth-order valence-corrected chi connectivity index (χ4v) is 4.44. The molecule has 3 aliphatic rings. The molecular weight excluding hydrogens is 358 g/mol. The lowest BCUT2D eigenvalue weighted by Gasteiger charge is -2.40. The average Bonchev–Trinajstić information content (AvgIpc) is 3.16. The highest BCUT2D eigenvalue weighted by Crippen LogP contribution is 2.52. The Morgan fingerprint density at radius 1 is 1.04 bits per heavy atom. The Bertz CT molecular complexity index is 878. The number of halogens is 1. The number of hydrogen-bond donors (Lipinski definition) is 1. The van der Waals surface area contributed by atoms with E-state index in [4.69, 9.17) is 35.3 Å². The van der Waals surface area contributed by atoms with Crippen molar-refractivity contribution < 1.29 is 23.7 Å². The molecule has 4 atom stereocenters. The zero-order chi connectivity index (χ0) is 18.3. The molecule has 5 rings (SSSR count). The van der Waals surface area contributed by atoms with Gasteiger partial charge < -0.3 is 28.7 Å². The first kappa shape index (κ1) is 17.0. The molecule has 0 saturated carbocycles. The number of benzene rings is 1. The van der Waals surface area contributed by atoms with Gasteiger partial charge in [0.05, 0.1) is 12.3 Å². The predicted molar refractivity (Wildman–Crippen MR) is 94.8 cm³/mol. The molecule has 4 heterocycles. The Hall–Kier alpha value is -1.15. The van der Waals surface area contributed by atoms with Crippen molar-refractivity contribution in [1.29, 1.82) is 0 Å². The number of ether oxygens (including phenoxy) is 5. The van der Waals surface area contributed by atoms with E-state index in [9.17, 15) is 0 Å². The van der Waals surface area contributed by atoms with Crippen molar-refractivity contribution >= 4 is 22.5 Å². The molecule has 0 spiro atoms. The van der Waals surface area contributed by atoms with Crippen LogP contribution in [-0.4, -0.2) is 41.5 Å². The van der Waals surface area contributed by atoms with Gasteiger partial charge in [-0.05, 0) is 52.0 Å². The first-order chi connectivity index (χ1) is 12.2. The third-order valence-electron chi connectivity index (χ3n) is 5.12. The van der Waals surface area contributed by atoms with Gasteiger partial charge in [-0.15, -0.1) is 0 Å². The minimum atomic E-state index is -1.08. The third kappa shape index (κ3) is 2.44. The minimum absolute atomic E-state index is 0.195. The molecule has 1 aromatic carbocycles. The maximum Gasteiger partial charge on any atom is 0.242 e. The maximum absolute atomic E-state index is 6.32. The molecule has 2 aromatic rings. The predicted octanol–water partition coefficient (Wildman–Crippen LogP) is 3.68. The molecule has 3 aliphatic heterocycles. The van der Waals surface area contributed by atoms with Crippen LogP contribution < -0.4 is 0 Å². The summed E-state index contributed by atoms with van der Waals surface area (Å²) in [7, 11) is 0. The molecule has 0 aliphatic carbocycles. The van der Waals surface area contributed by atoms with Crippen LogP contribution in [0.1, 0.15) is 33.4 Å². The number of hydrogen-bond acceptors (Lipinski definition) is 5. The highest BCUT2D eigenvalue weighted by Gasteiger charge is 2.66. The quantitative estimate of drug-likeness (QED) is 0.819. The Kier molecular flexibility index (Phi) is 3.41. The summed E-state index contributed by atoms with van der Waals surface area (Å²) in [4.78, 5) is 3.41. The largest absolute Gasteiger partial charge is 0.354 e. The molecule has 3 fully saturated rings. The Morgan fingerprint density at radius 3 is 2.65 bits per heavy atom. The van der Waals surface area contributed by atoms with Crippen LogP contribution in [0.15, 0.2) is 24.3 Å². The molecule has 0 amide bonds. The molecular formula is C19H22ClNO5. The van der Waals surface area contributed by atoms with Crippen molar-refractivity contribution in [1.82, 2.24) is 4.98 Å². The molecule has 0 unspecified atom stereocenters. The lowest BCUT2D eigenvalue weighted by atomic mass is 9.94. The van der Waals surface area contributed by atoms with Crippen molar-refractivity contribution in [3.05, 3.63) is 35.0 Å². The van der Waals surface area contributed by atoms with Gasteiger partial charge in [0.25, 0.3) is 0 Å². The summed E-state index contributed by atoms with van der Waals surface area (Å²) < 4.78 is 31.0. The van der Waals surface area contributed by atoms with Crippen LogP contribution in [-0.2, 0) is 29.5 Å². The monoisotopic (exact) mass is 379 g/mol. The summed E-state index contributed by atoms with van der Waals surface area (Å²) in [6.45, 7) is 7.93. The number of rotatable bonds is 1. The molecule has 6 nitrogen and oxygen atoms in total. The molecule has 3 saturated heterocycles. The van der Waals surface area contributed by atoms with Crippen LogP contribution in [0, 0.1) is 0 Å². The molecule has 26 heavy (non-hydrogen) atoms. The number of aromatic nitrogens is 1. The molecule has 7 heteroatoms. The molecule has 1 aromatic heterocycles. The SMILES string of the molecule is CC1(C)O[C@@H]2[C@@H](CO[C@@]3(c4cc5cc(Cl)ccc5[nH]4)OC(C)(C)O[C@@H]23)O1. The Balaban J connectivity index is 1.62. The van der Waals surface area contributed by atoms with E-state index in [2.05, 4.69) is 4.98 Å². The highest BCUT2D eigenvalue weighted by molar-refractivity contribution is 6.31. The number of fused-ring (bicyclic) bond motifs is 4. The van der Waals surface area contributed by atoms with Gasteiger partial charge in [0.2, 0.25) is 5.79 Å². The van der Waals surface area contributed by atoms with E-state index in [1.807, 2.05) is 52.0 Å². The molecule has 140 valence electrons. The fourth-order valence-electron chi connectivity index (χ4n) is 4.26. The highest BCUT2D eigenvalue weighted by atomic mass is 35.5. The number of aromatic amines is 1. The summed E-state index contributed by atoms with van der Waals surface area (Å²) in [6.07, 6.45) is -0.934. The summed E-state index contributed by atoms with van der Waals surface area (Å²) >= 11 is 6.14. The van der Waals surface area contributed by atoms with Crippen molar-refractivity contribution in [2.24, 2.45) is 0 Å². The summed E-state index contributed by atoms with van der Waals surface area (Å²) in [5, 5.41) is 1.67. The second-order valence-electron chi connectivity index (χ2n) is 8.07. The first-order valence-electron chi connectivity index (χ1n) is 8.84. The van der Waals surface area contributed by atoms with Crippen molar-refractivity contribution in [2.75, 3.05) is 6.61 Å². The zero-order valence-electron chi connectivity index (χ0n) is 15.2. The van der Waals surface area contributed by atoms with Gasteiger partial charge in [-0.1, -0.05) is 11.6 Å². The van der Waals surface area contributed by atoms with Crippen molar-refractivity contribution in [3.63, 3.8) is 0 Å². The second kappa shape index (κ2) is 5.22. The van der Waals surface area contributed by atoms with Gasteiger partial charge in [-0.2, -0.15) is 0 Å². The second-order valence-corrected chi connectivity index (χ2v) is 8.51. The van der Waals surface area contributed by atoms with Crippen LogP contribution >= 0.6 is 11.6 Å². The Morgan fingerprint density at radius 2 is 1.85 bits per heavy atom. The minimum Gasteiger partial charge on any atom is -0.354 e. The van der Waals surface area contributed by atoms with Crippen LogP contribution in [0.4, 0.5) is 0 Å². The van der Waals surface area contributed by atoms with E-state index in [-0.39, 0.29) is 12.2 Å². The van der Waals surface area contributed by atoms with Gasteiger partial charge >= 0.3 is 0 Å². The van der Waals surface area contributed by atoms with E-state index in [1.54, 1.807) is 0 Å². The molecule has 0 radical (unpaired) electrons.